The third-order valence-electron chi connectivity index (χ3n) is 4.65. The highest BCUT2D eigenvalue weighted by Crippen LogP contribution is 2.37. The Kier molecular flexibility index (Phi) is 5.69. The number of nitrogens with zero attached hydrogens (tertiary/aromatic N) is 3. The molecule has 0 aliphatic carbocycles. The van der Waals surface area contributed by atoms with Gasteiger partial charge in [-0.05, 0) is 43.5 Å². The lowest BCUT2D eigenvalue weighted by atomic mass is 10.0. The van der Waals surface area contributed by atoms with Crippen LogP contribution >= 0.6 is 22.9 Å². The Morgan fingerprint density at radius 1 is 1.33 bits per heavy atom. The zero-order chi connectivity index (χ0) is 19.7. The van der Waals surface area contributed by atoms with Gasteiger partial charge in [-0.1, -0.05) is 31.5 Å². The van der Waals surface area contributed by atoms with E-state index in [9.17, 15) is 4.79 Å². The maximum atomic E-state index is 13.4. The zero-order valence-corrected chi connectivity index (χ0v) is 17.5. The van der Waals surface area contributed by atoms with Crippen molar-refractivity contribution in [3.8, 4) is 17.2 Å². The molecule has 0 saturated carbocycles. The maximum absolute atomic E-state index is 13.4. The van der Waals surface area contributed by atoms with Crippen LogP contribution in [0.1, 0.15) is 48.9 Å². The summed E-state index contributed by atoms with van der Waals surface area (Å²) >= 11 is 7.74. The number of hydrogen-bond donors (Lipinski definition) is 0. The molecule has 140 valence electrons. The number of aromatic nitrogens is 2. The second-order valence-electron chi connectivity index (χ2n) is 7.02. The van der Waals surface area contributed by atoms with E-state index in [4.69, 9.17) is 21.8 Å². The van der Waals surface area contributed by atoms with Gasteiger partial charge >= 0.3 is 0 Å². The Hall–Kier alpha value is -2.16. The number of aryl methyl sites for hydroxylation is 2. The number of nitriles is 1. The summed E-state index contributed by atoms with van der Waals surface area (Å²) in [5.74, 6) is 0.915. The Morgan fingerprint density at radius 3 is 2.70 bits per heavy atom. The molecule has 4 nitrogen and oxygen atoms in total. The first-order chi connectivity index (χ1) is 12.8. The third-order valence-corrected chi connectivity index (χ3v) is 6.07. The van der Waals surface area contributed by atoms with Crippen molar-refractivity contribution in [2.75, 3.05) is 0 Å². The van der Waals surface area contributed by atoms with Crippen molar-refractivity contribution in [3.63, 3.8) is 0 Å². The molecule has 2 heterocycles. The fraction of sp³-hybridized carbons (Fsp3) is 0.381. The standard InChI is InChI=1S/C21H22ClN3OS/c1-12(2)19-24-20-18(21(26)25(19)10-6-5-9-23)17(14(4)27-20)15-7-8-16(22)13(3)11-15/h7-8,11-12H,5-6,10H2,1-4H3. The van der Waals surface area contributed by atoms with Crippen molar-refractivity contribution in [1.29, 1.82) is 5.26 Å². The van der Waals surface area contributed by atoms with E-state index in [0.717, 1.165) is 32.2 Å². The van der Waals surface area contributed by atoms with Crippen LogP contribution in [0.3, 0.4) is 0 Å². The zero-order valence-electron chi connectivity index (χ0n) is 16.0. The second kappa shape index (κ2) is 7.84. The van der Waals surface area contributed by atoms with Gasteiger partial charge in [0.2, 0.25) is 0 Å². The molecule has 27 heavy (non-hydrogen) atoms. The van der Waals surface area contributed by atoms with Crippen molar-refractivity contribution in [3.05, 3.63) is 49.8 Å². The molecule has 3 rings (SSSR count). The van der Waals surface area contributed by atoms with Gasteiger partial charge in [0.25, 0.3) is 5.56 Å². The summed E-state index contributed by atoms with van der Waals surface area (Å²) in [5, 5.41) is 10.2. The van der Waals surface area contributed by atoms with E-state index in [1.165, 1.54) is 0 Å². The van der Waals surface area contributed by atoms with Crippen LogP contribution in [0.4, 0.5) is 0 Å². The quantitative estimate of drug-likeness (QED) is 0.507. The SMILES string of the molecule is Cc1cc(-c2c(C)sc3nc(C(C)C)n(CCCC#N)c(=O)c23)ccc1Cl. The second-order valence-corrected chi connectivity index (χ2v) is 8.63. The summed E-state index contributed by atoms with van der Waals surface area (Å²) in [6.07, 6.45) is 1.07. The summed E-state index contributed by atoms with van der Waals surface area (Å²) in [6, 6.07) is 8.00. The number of benzene rings is 1. The highest BCUT2D eigenvalue weighted by atomic mass is 35.5. The number of halogens is 1. The predicted octanol–water partition coefficient (Wildman–Crippen LogP) is 5.82. The molecular weight excluding hydrogens is 378 g/mol. The van der Waals surface area contributed by atoms with E-state index in [0.29, 0.717) is 29.8 Å². The van der Waals surface area contributed by atoms with Crippen LogP contribution < -0.4 is 5.56 Å². The molecule has 6 heteroatoms. The molecule has 3 aromatic rings. The molecular formula is C21H22ClN3OS. The molecule has 0 amide bonds. The molecule has 0 fully saturated rings. The number of rotatable bonds is 5. The van der Waals surface area contributed by atoms with Crippen LogP contribution in [0.25, 0.3) is 21.3 Å². The Labute approximate surface area is 168 Å². The van der Waals surface area contributed by atoms with Crippen LogP contribution in [0.15, 0.2) is 23.0 Å². The van der Waals surface area contributed by atoms with Gasteiger partial charge in [0, 0.05) is 34.3 Å². The van der Waals surface area contributed by atoms with E-state index in [1.54, 1.807) is 15.9 Å². The Bertz CT molecular complexity index is 1110. The topological polar surface area (TPSA) is 58.7 Å². The molecule has 0 N–H and O–H groups in total. The number of hydrogen-bond acceptors (Lipinski definition) is 4. The van der Waals surface area contributed by atoms with Crippen molar-refractivity contribution in [2.45, 2.75) is 53.0 Å². The van der Waals surface area contributed by atoms with E-state index in [-0.39, 0.29) is 11.5 Å². The van der Waals surface area contributed by atoms with Crippen LogP contribution in [0.5, 0.6) is 0 Å². The number of fused-ring (bicyclic) bond motifs is 1. The van der Waals surface area contributed by atoms with Gasteiger partial charge in [-0.25, -0.2) is 4.98 Å². The first-order valence-electron chi connectivity index (χ1n) is 9.02. The lowest BCUT2D eigenvalue weighted by Gasteiger charge is -2.15. The monoisotopic (exact) mass is 399 g/mol. The van der Waals surface area contributed by atoms with Crippen LogP contribution in [-0.4, -0.2) is 9.55 Å². The third kappa shape index (κ3) is 3.65. The van der Waals surface area contributed by atoms with Crippen LogP contribution in [0, 0.1) is 25.2 Å². The fourth-order valence-corrected chi connectivity index (χ4v) is 4.49. The lowest BCUT2D eigenvalue weighted by molar-refractivity contribution is 0.568. The highest BCUT2D eigenvalue weighted by molar-refractivity contribution is 7.19. The summed E-state index contributed by atoms with van der Waals surface area (Å²) in [6.45, 7) is 8.58. The number of unbranched alkanes of at least 4 members (excludes halogenated alkanes) is 1. The molecule has 0 spiro atoms. The van der Waals surface area contributed by atoms with Crippen molar-refractivity contribution in [2.24, 2.45) is 0 Å². The first-order valence-corrected chi connectivity index (χ1v) is 10.2. The average Bonchev–Trinajstić information content (AvgIpc) is 2.95. The van der Waals surface area contributed by atoms with Gasteiger partial charge in [-0.3, -0.25) is 9.36 Å². The molecule has 0 radical (unpaired) electrons. The maximum Gasteiger partial charge on any atom is 0.262 e. The van der Waals surface area contributed by atoms with Crippen molar-refractivity contribution < 1.29 is 0 Å². The minimum absolute atomic E-state index is 0.0198. The Morgan fingerprint density at radius 2 is 2.07 bits per heavy atom. The number of thiophene rings is 1. The molecule has 1 aromatic carbocycles. The van der Waals surface area contributed by atoms with Crippen molar-refractivity contribution in [1.82, 2.24) is 9.55 Å². The van der Waals surface area contributed by atoms with E-state index in [2.05, 4.69) is 6.07 Å². The van der Waals surface area contributed by atoms with Gasteiger partial charge in [-0.2, -0.15) is 5.26 Å². The van der Waals surface area contributed by atoms with Crippen molar-refractivity contribution >= 4 is 33.2 Å². The summed E-state index contributed by atoms with van der Waals surface area (Å²) in [4.78, 5) is 20.1. The highest BCUT2D eigenvalue weighted by Gasteiger charge is 2.21. The fourth-order valence-electron chi connectivity index (χ4n) is 3.33. The Balaban J connectivity index is 2.29. The molecule has 0 aliphatic heterocycles. The predicted molar refractivity (Wildman–Crippen MR) is 113 cm³/mol. The largest absolute Gasteiger partial charge is 0.296 e. The van der Waals surface area contributed by atoms with E-state index < -0.39 is 0 Å². The lowest BCUT2D eigenvalue weighted by Crippen LogP contribution is -2.26. The molecule has 0 saturated heterocycles. The van der Waals surface area contributed by atoms with Gasteiger partial charge in [-0.15, -0.1) is 11.3 Å². The molecule has 0 atom stereocenters. The molecule has 0 unspecified atom stereocenters. The summed E-state index contributed by atoms with van der Waals surface area (Å²) in [5.41, 5.74) is 2.89. The van der Waals surface area contributed by atoms with Gasteiger partial charge in [0.15, 0.2) is 0 Å². The molecule has 2 aromatic heterocycles. The van der Waals surface area contributed by atoms with Gasteiger partial charge in [0.1, 0.15) is 10.7 Å². The minimum Gasteiger partial charge on any atom is -0.296 e. The van der Waals surface area contributed by atoms with Crippen LogP contribution in [0.2, 0.25) is 5.02 Å². The molecule has 0 aliphatic rings. The van der Waals surface area contributed by atoms with E-state index in [1.807, 2.05) is 45.9 Å². The van der Waals surface area contributed by atoms with E-state index >= 15 is 0 Å². The van der Waals surface area contributed by atoms with Gasteiger partial charge in [0.05, 0.1) is 11.5 Å². The summed E-state index contributed by atoms with van der Waals surface area (Å²) < 4.78 is 1.75. The first kappa shape index (κ1) is 19.6. The van der Waals surface area contributed by atoms with Gasteiger partial charge < -0.3 is 0 Å². The van der Waals surface area contributed by atoms with Crippen LogP contribution in [-0.2, 0) is 6.54 Å². The minimum atomic E-state index is -0.0198. The normalized spacial score (nSPS) is 11.3. The smallest absolute Gasteiger partial charge is 0.262 e. The molecule has 0 bridgehead atoms. The average molecular weight is 400 g/mol. The summed E-state index contributed by atoms with van der Waals surface area (Å²) in [7, 11) is 0.